The van der Waals surface area contributed by atoms with E-state index in [-0.39, 0.29) is 11.3 Å². The van der Waals surface area contributed by atoms with Crippen LogP contribution >= 0.6 is 0 Å². The second kappa shape index (κ2) is 4.23. The molecule has 0 radical (unpaired) electrons. The van der Waals surface area contributed by atoms with Crippen molar-refractivity contribution in [1.29, 1.82) is 0 Å². The number of carbonyl (C=O) groups is 1. The van der Waals surface area contributed by atoms with E-state index in [4.69, 9.17) is 14.6 Å². The zero-order valence-corrected chi connectivity index (χ0v) is 9.37. The zero-order valence-electron chi connectivity index (χ0n) is 8.56. The lowest BCUT2D eigenvalue weighted by Gasteiger charge is -2.20. The molecule has 1 heterocycles. The third kappa shape index (κ3) is 1.94. The van der Waals surface area contributed by atoms with Crippen LogP contribution in [-0.4, -0.2) is 35.1 Å². The van der Waals surface area contributed by atoms with Gasteiger partial charge in [0, 0.05) is 12.1 Å². The fourth-order valence-corrected chi connectivity index (χ4v) is 2.01. The first-order valence-corrected chi connectivity index (χ1v) is 6.16. The van der Waals surface area contributed by atoms with E-state index >= 15 is 0 Å². The molecule has 0 aromatic heterocycles. The standard InChI is InChI=1S/C10H10O5S/c1-16(13)6-4-7(10(11)12)9-8(5-6)14-2-3-15-9/h4-5H,2-3H2,1H3,(H,11,12). The van der Waals surface area contributed by atoms with Crippen LogP contribution in [0.25, 0.3) is 0 Å². The third-order valence-corrected chi connectivity index (χ3v) is 3.08. The number of aromatic carboxylic acids is 1. The van der Waals surface area contributed by atoms with E-state index in [1.165, 1.54) is 12.3 Å². The van der Waals surface area contributed by atoms with Crippen LogP contribution in [-0.2, 0) is 11.2 Å². The van der Waals surface area contributed by atoms with Crippen LogP contribution in [0, 0.1) is 0 Å². The lowest BCUT2D eigenvalue weighted by atomic mass is 10.2. The Labute approximate surface area is 95.2 Å². The number of carboxylic acids is 1. The van der Waals surface area contributed by atoms with E-state index in [0.29, 0.717) is 23.9 Å². The topological polar surface area (TPSA) is 78.8 Å². The molecule has 6 heteroatoms. The van der Waals surface area contributed by atoms with Crippen molar-refractivity contribution in [1.82, 2.24) is 0 Å². The Hall–Kier alpha value is -1.40. The third-order valence-electron chi connectivity index (χ3n) is 2.18. The summed E-state index contributed by atoms with van der Waals surface area (Å²) in [6.07, 6.45) is 1.48. The second-order valence-electron chi connectivity index (χ2n) is 3.25. The van der Waals surface area contributed by atoms with Gasteiger partial charge >= 0.3 is 5.97 Å². The minimum Gasteiger partial charge on any atom is -0.612 e. The van der Waals surface area contributed by atoms with Crippen molar-refractivity contribution >= 4 is 17.1 Å². The molecule has 0 amide bonds. The van der Waals surface area contributed by atoms with Crippen LogP contribution in [0.3, 0.4) is 0 Å². The first-order chi connectivity index (χ1) is 7.59. The van der Waals surface area contributed by atoms with Gasteiger partial charge in [0.1, 0.15) is 25.0 Å². The summed E-state index contributed by atoms with van der Waals surface area (Å²) >= 11 is -1.25. The van der Waals surface area contributed by atoms with Gasteiger partial charge in [0.15, 0.2) is 16.4 Å². The predicted molar refractivity (Wildman–Crippen MR) is 56.7 cm³/mol. The first-order valence-electron chi connectivity index (χ1n) is 4.60. The molecular weight excluding hydrogens is 232 g/mol. The van der Waals surface area contributed by atoms with Crippen molar-refractivity contribution in [3.63, 3.8) is 0 Å². The number of hydrogen-bond acceptors (Lipinski definition) is 4. The number of ether oxygens (including phenoxy) is 2. The Kier molecular flexibility index (Phi) is 2.93. The maximum Gasteiger partial charge on any atom is 0.339 e. The molecule has 0 bridgehead atoms. The summed E-state index contributed by atoms with van der Waals surface area (Å²) in [6.45, 7) is 0.688. The highest BCUT2D eigenvalue weighted by molar-refractivity contribution is 7.90. The lowest BCUT2D eigenvalue weighted by molar-refractivity contribution is 0.0685. The molecule has 1 aromatic carbocycles. The average Bonchev–Trinajstić information content (AvgIpc) is 2.27. The smallest absolute Gasteiger partial charge is 0.339 e. The summed E-state index contributed by atoms with van der Waals surface area (Å²) in [5.74, 6) is -0.557. The molecule has 16 heavy (non-hydrogen) atoms. The first kappa shape index (κ1) is 11.1. The molecule has 1 atom stereocenters. The van der Waals surface area contributed by atoms with E-state index in [2.05, 4.69) is 0 Å². The number of carboxylic acid groups (broad SMARTS) is 1. The van der Waals surface area contributed by atoms with E-state index in [1.54, 1.807) is 6.07 Å². The van der Waals surface area contributed by atoms with Crippen molar-refractivity contribution in [2.45, 2.75) is 4.90 Å². The number of benzene rings is 1. The summed E-state index contributed by atoms with van der Waals surface area (Å²) in [5, 5.41) is 9.01. The maximum atomic E-state index is 11.3. The van der Waals surface area contributed by atoms with Gasteiger partial charge in [-0.05, 0) is 11.2 Å². The molecule has 0 spiro atoms. The second-order valence-corrected chi connectivity index (χ2v) is 4.63. The van der Waals surface area contributed by atoms with E-state index in [1.807, 2.05) is 0 Å². The van der Waals surface area contributed by atoms with Crippen LogP contribution in [0.1, 0.15) is 10.4 Å². The molecule has 2 rings (SSSR count). The molecule has 1 aliphatic rings. The molecule has 1 aromatic rings. The van der Waals surface area contributed by atoms with E-state index in [9.17, 15) is 9.35 Å². The van der Waals surface area contributed by atoms with Gasteiger partial charge in [-0.25, -0.2) is 4.79 Å². The Morgan fingerprint density at radius 1 is 1.44 bits per heavy atom. The van der Waals surface area contributed by atoms with Gasteiger partial charge in [-0.3, -0.25) is 0 Å². The van der Waals surface area contributed by atoms with Crippen LogP contribution in [0.15, 0.2) is 17.0 Å². The number of rotatable bonds is 2. The largest absolute Gasteiger partial charge is 0.612 e. The van der Waals surface area contributed by atoms with Gasteiger partial charge in [0.2, 0.25) is 0 Å². The van der Waals surface area contributed by atoms with Crippen molar-refractivity contribution in [2.75, 3.05) is 19.5 Å². The van der Waals surface area contributed by atoms with E-state index in [0.717, 1.165) is 0 Å². The summed E-state index contributed by atoms with van der Waals surface area (Å²) in [7, 11) is 0. The average molecular weight is 242 g/mol. The summed E-state index contributed by atoms with van der Waals surface area (Å²) < 4.78 is 21.9. The minimum atomic E-state index is -1.25. The van der Waals surface area contributed by atoms with Gasteiger partial charge in [-0.2, -0.15) is 0 Å². The SMILES string of the molecule is C[S+]([O-])c1cc2c(c(C(=O)O)c1)OCCO2. The fourth-order valence-electron chi connectivity index (χ4n) is 1.45. The molecule has 1 unspecified atom stereocenters. The summed E-state index contributed by atoms with van der Waals surface area (Å²) in [6, 6.07) is 2.91. The van der Waals surface area contributed by atoms with Crippen molar-refractivity contribution in [3.05, 3.63) is 17.7 Å². The Bertz CT molecular complexity index is 429. The lowest BCUT2D eigenvalue weighted by Crippen LogP contribution is -2.18. The Balaban J connectivity index is 2.56. The van der Waals surface area contributed by atoms with Crippen molar-refractivity contribution in [3.8, 4) is 11.5 Å². The van der Waals surface area contributed by atoms with Crippen molar-refractivity contribution in [2.24, 2.45) is 0 Å². The van der Waals surface area contributed by atoms with Gasteiger partial charge in [0.25, 0.3) is 0 Å². The van der Waals surface area contributed by atoms with Crippen LogP contribution in [0.5, 0.6) is 11.5 Å². The Morgan fingerprint density at radius 2 is 2.12 bits per heavy atom. The van der Waals surface area contributed by atoms with Crippen LogP contribution in [0.4, 0.5) is 0 Å². The maximum absolute atomic E-state index is 11.3. The normalized spacial score (nSPS) is 15.6. The van der Waals surface area contributed by atoms with Crippen molar-refractivity contribution < 1.29 is 23.9 Å². The predicted octanol–water partition coefficient (Wildman–Crippen LogP) is 0.893. The molecule has 5 nitrogen and oxygen atoms in total. The quantitative estimate of drug-likeness (QED) is 0.779. The highest BCUT2D eigenvalue weighted by Gasteiger charge is 2.24. The molecule has 0 fully saturated rings. The monoisotopic (exact) mass is 242 g/mol. The summed E-state index contributed by atoms with van der Waals surface area (Å²) in [5.41, 5.74) is -0.0117. The van der Waals surface area contributed by atoms with Gasteiger partial charge in [-0.15, -0.1) is 0 Å². The Morgan fingerprint density at radius 3 is 2.75 bits per heavy atom. The molecule has 0 saturated heterocycles. The van der Waals surface area contributed by atoms with Gasteiger partial charge in [0.05, 0.1) is 0 Å². The van der Waals surface area contributed by atoms with Crippen LogP contribution in [0.2, 0.25) is 0 Å². The number of fused-ring (bicyclic) bond motifs is 1. The minimum absolute atomic E-state index is 0.0117. The highest BCUT2D eigenvalue weighted by Crippen LogP contribution is 2.36. The molecule has 1 N–H and O–H groups in total. The van der Waals surface area contributed by atoms with E-state index < -0.39 is 17.1 Å². The molecular formula is C10H10O5S. The number of hydrogen-bond donors (Lipinski definition) is 1. The summed E-state index contributed by atoms with van der Waals surface area (Å²) in [4.78, 5) is 11.4. The molecule has 0 saturated carbocycles. The molecule has 1 aliphatic heterocycles. The fraction of sp³-hybridized carbons (Fsp3) is 0.300. The molecule has 0 aliphatic carbocycles. The zero-order chi connectivity index (χ0) is 11.7. The van der Waals surface area contributed by atoms with Crippen LogP contribution < -0.4 is 9.47 Å². The molecule has 86 valence electrons. The van der Waals surface area contributed by atoms with Gasteiger partial charge in [-0.1, -0.05) is 0 Å². The highest BCUT2D eigenvalue weighted by atomic mass is 32.2. The van der Waals surface area contributed by atoms with Gasteiger partial charge < -0.3 is 19.1 Å².